The molecule has 0 aliphatic carbocycles. The van der Waals surface area contributed by atoms with Crippen molar-refractivity contribution in [1.29, 1.82) is 0 Å². The summed E-state index contributed by atoms with van der Waals surface area (Å²) < 4.78 is 13.0. The maximum absolute atomic E-state index is 13.0. The van der Waals surface area contributed by atoms with Crippen LogP contribution in [0.1, 0.15) is 22.8 Å². The number of amides is 1. The molecule has 0 spiro atoms. The van der Waals surface area contributed by atoms with Gasteiger partial charge < -0.3 is 9.90 Å². The lowest BCUT2D eigenvalue weighted by Gasteiger charge is -2.14. The number of hydrogen-bond acceptors (Lipinski definition) is 4. The summed E-state index contributed by atoms with van der Waals surface area (Å²) in [5.74, 6) is -2.24. The Hall–Kier alpha value is -2.99. The first kappa shape index (κ1) is 16.9. The van der Waals surface area contributed by atoms with Crippen LogP contribution in [-0.4, -0.2) is 17.6 Å². The van der Waals surface area contributed by atoms with Crippen molar-refractivity contribution in [2.24, 2.45) is 5.10 Å². The maximum atomic E-state index is 13.0. The molecule has 126 valence electrons. The number of nitrogens with zero attached hydrogens (tertiary/aromatic N) is 2. The average molecular weight is 358 g/mol. The van der Waals surface area contributed by atoms with E-state index in [-0.39, 0.29) is 22.1 Å². The fourth-order valence-electron chi connectivity index (χ4n) is 2.39. The summed E-state index contributed by atoms with van der Waals surface area (Å²) in [7, 11) is 0. The van der Waals surface area contributed by atoms with Crippen LogP contribution in [0.5, 0.6) is 0 Å². The average Bonchev–Trinajstić information content (AvgIpc) is 2.85. The SMILES string of the molecule is CC1=NN(c2ccc(Cl)c(C(=O)[O-])c2)C(=O)/C1=C/c1ccc(F)cc1. The van der Waals surface area contributed by atoms with Crippen LogP contribution < -0.4 is 10.1 Å². The van der Waals surface area contributed by atoms with Gasteiger partial charge in [0.2, 0.25) is 0 Å². The number of benzene rings is 2. The molecule has 2 aromatic carbocycles. The lowest BCUT2D eigenvalue weighted by Crippen LogP contribution is -2.25. The van der Waals surface area contributed by atoms with Crippen LogP contribution in [0.25, 0.3) is 6.08 Å². The van der Waals surface area contributed by atoms with Crippen LogP contribution >= 0.6 is 11.6 Å². The molecule has 0 unspecified atom stereocenters. The fraction of sp³-hybridized carbons (Fsp3) is 0.0556. The van der Waals surface area contributed by atoms with E-state index in [1.165, 1.54) is 30.3 Å². The van der Waals surface area contributed by atoms with Gasteiger partial charge in [-0.05, 0) is 48.9 Å². The second-order valence-electron chi connectivity index (χ2n) is 5.36. The van der Waals surface area contributed by atoms with Gasteiger partial charge in [-0.15, -0.1) is 0 Å². The predicted molar refractivity (Wildman–Crippen MR) is 90.8 cm³/mol. The molecule has 3 rings (SSSR count). The predicted octanol–water partition coefficient (Wildman–Crippen LogP) is 2.65. The Bertz CT molecular complexity index is 936. The molecule has 0 saturated heterocycles. The van der Waals surface area contributed by atoms with E-state index in [4.69, 9.17) is 11.6 Å². The lowest BCUT2D eigenvalue weighted by atomic mass is 10.1. The number of carbonyl (C=O) groups is 2. The van der Waals surface area contributed by atoms with E-state index < -0.39 is 11.9 Å². The number of hydrogen-bond donors (Lipinski definition) is 0. The second-order valence-corrected chi connectivity index (χ2v) is 5.77. The fourth-order valence-corrected chi connectivity index (χ4v) is 2.58. The smallest absolute Gasteiger partial charge is 0.280 e. The molecular weight excluding hydrogens is 347 g/mol. The van der Waals surface area contributed by atoms with Crippen molar-refractivity contribution in [3.05, 3.63) is 70.0 Å². The number of carboxylic acid groups (broad SMARTS) is 1. The molecule has 0 atom stereocenters. The zero-order valence-corrected chi connectivity index (χ0v) is 13.7. The first-order valence-electron chi connectivity index (χ1n) is 7.25. The summed E-state index contributed by atoms with van der Waals surface area (Å²) in [6, 6.07) is 9.76. The summed E-state index contributed by atoms with van der Waals surface area (Å²) in [5, 5.41) is 16.4. The van der Waals surface area contributed by atoms with Gasteiger partial charge in [0.15, 0.2) is 0 Å². The molecule has 1 amide bonds. The third-order valence-corrected chi connectivity index (χ3v) is 3.99. The number of rotatable bonds is 3. The van der Waals surface area contributed by atoms with Crippen LogP contribution in [0.4, 0.5) is 10.1 Å². The van der Waals surface area contributed by atoms with Crippen molar-refractivity contribution in [3.63, 3.8) is 0 Å². The molecule has 0 aromatic heterocycles. The number of halogens is 2. The highest BCUT2D eigenvalue weighted by Crippen LogP contribution is 2.28. The number of anilines is 1. The van der Waals surface area contributed by atoms with Gasteiger partial charge in [0, 0.05) is 10.6 Å². The Labute approximate surface area is 147 Å². The highest BCUT2D eigenvalue weighted by Gasteiger charge is 2.29. The number of carboxylic acids is 1. The Morgan fingerprint density at radius 1 is 1.24 bits per heavy atom. The molecule has 1 heterocycles. The zero-order chi connectivity index (χ0) is 18.1. The summed E-state index contributed by atoms with van der Waals surface area (Å²) in [6.45, 7) is 1.66. The molecular formula is C18H11ClFN2O3-. The van der Waals surface area contributed by atoms with Gasteiger partial charge in [0.25, 0.3) is 5.91 Å². The summed E-state index contributed by atoms with van der Waals surface area (Å²) >= 11 is 5.81. The molecule has 1 aliphatic heterocycles. The molecule has 0 fully saturated rings. The van der Waals surface area contributed by atoms with E-state index in [1.54, 1.807) is 25.1 Å². The van der Waals surface area contributed by atoms with Crippen molar-refractivity contribution >= 4 is 41.0 Å². The Balaban J connectivity index is 1.96. The first-order valence-corrected chi connectivity index (χ1v) is 7.63. The molecule has 0 saturated carbocycles. The summed E-state index contributed by atoms with van der Waals surface area (Å²) in [6.07, 6.45) is 1.59. The van der Waals surface area contributed by atoms with Crippen molar-refractivity contribution < 1.29 is 19.1 Å². The molecule has 1 aliphatic rings. The van der Waals surface area contributed by atoms with Gasteiger partial charge in [-0.3, -0.25) is 4.79 Å². The number of aromatic carboxylic acids is 1. The first-order chi connectivity index (χ1) is 11.9. The molecule has 25 heavy (non-hydrogen) atoms. The molecule has 0 bridgehead atoms. The van der Waals surface area contributed by atoms with Crippen LogP contribution in [-0.2, 0) is 4.79 Å². The van der Waals surface area contributed by atoms with Gasteiger partial charge in [-0.2, -0.15) is 10.1 Å². The van der Waals surface area contributed by atoms with E-state index >= 15 is 0 Å². The standard InChI is InChI=1S/C18H12ClFN2O3/c1-10-14(8-11-2-4-12(20)5-3-11)17(23)22(21-10)13-6-7-16(19)15(9-13)18(24)25/h2-9H,1H3,(H,24,25)/p-1/b14-8+. The Kier molecular flexibility index (Phi) is 4.37. The summed E-state index contributed by atoms with van der Waals surface area (Å²) in [5.41, 5.74) is 1.47. The normalized spacial score (nSPS) is 15.6. The Morgan fingerprint density at radius 3 is 2.56 bits per heavy atom. The van der Waals surface area contributed by atoms with E-state index in [9.17, 15) is 19.1 Å². The third-order valence-electron chi connectivity index (χ3n) is 3.66. The monoisotopic (exact) mass is 357 g/mol. The topological polar surface area (TPSA) is 72.8 Å². The highest BCUT2D eigenvalue weighted by molar-refractivity contribution is 6.34. The van der Waals surface area contributed by atoms with Crippen LogP contribution in [0, 0.1) is 5.82 Å². The van der Waals surface area contributed by atoms with Crippen molar-refractivity contribution in [2.75, 3.05) is 5.01 Å². The van der Waals surface area contributed by atoms with E-state index in [2.05, 4.69) is 5.10 Å². The maximum Gasteiger partial charge on any atom is 0.280 e. The van der Waals surface area contributed by atoms with E-state index in [0.717, 1.165) is 5.01 Å². The minimum Gasteiger partial charge on any atom is -0.545 e. The molecule has 0 N–H and O–H groups in total. The lowest BCUT2D eigenvalue weighted by molar-refractivity contribution is -0.255. The van der Waals surface area contributed by atoms with Crippen molar-refractivity contribution in [3.8, 4) is 0 Å². The van der Waals surface area contributed by atoms with Gasteiger partial charge in [0.05, 0.1) is 22.9 Å². The quantitative estimate of drug-likeness (QED) is 0.793. The van der Waals surface area contributed by atoms with Crippen LogP contribution in [0.2, 0.25) is 5.02 Å². The molecule has 5 nitrogen and oxygen atoms in total. The van der Waals surface area contributed by atoms with Gasteiger partial charge in [-0.1, -0.05) is 23.7 Å². The van der Waals surface area contributed by atoms with Gasteiger partial charge in [0.1, 0.15) is 5.82 Å². The van der Waals surface area contributed by atoms with Gasteiger partial charge in [-0.25, -0.2) is 4.39 Å². The van der Waals surface area contributed by atoms with Crippen molar-refractivity contribution in [2.45, 2.75) is 6.92 Å². The largest absolute Gasteiger partial charge is 0.545 e. The van der Waals surface area contributed by atoms with E-state index in [0.29, 0.717) is 16.8 Å². The zero-order valence-electron chi connectivity index (χ0n) is 13.0. The Morgan fingerprint density at radius 2 is 1.92 bits per heavy atom. The second kappa shape index (κ2) is 6.49. The van der Waals surface area contributed by atoms with Crippen LogP contribution in [0.3, 0.4) is 0 Å². The van der Waals surface area contributed by atoms with Crippen LogP contribution in [0.15, 0.2) is 53.1 Å². The molecule has 0 radical (unpaired) electrons. The third kappa shape index (κ3) is 3.29. The summed E-state index contributed by atoms with van der Waals surface area (Å²) in [4.78, 5) is 23.7. The van der Waals surface area contributed by atoms with Crippen molar-refractivity contribution in [1.82, 2.24) is 0 Å². The van der Waals surface area contributed by atoms with Gasteiger partial charge >= 0.3 is 0 Å². The molecule has 2 aromatic rings. The highest BCUT2D eigenvalue weighted by atomic mass is 35.5. The minimum absolute atomic E-state index is 0.0122. The number of hydrazone groups is 1. The number of carbonyl (C=O) groups excluding carboxylic acids is 2. The van der Waals surface area contributed by atoms with E-state index in [1.807, 2.05) is 0 Å². The minimum atomic E-state index is -1.44. The molecule has 7 heteroatoms.